The fraction of sp³-hybridized carbons (Fsp3) is 0.273. The molecular weight excluding hydrogens is 242 g/mol. The molecular formula is C11H13NO4S. The third-order valence-electron chi connectivity index (χ3n) is 1.91. The van der Waals surface area contributed by atoms with Crippen LogP contribution in [0.25, 0.3) is 0 Å². The van der Waals surface area contributed by atoms with Crippen molar-refractivity contribution in [3.63, 3.8) is 0 Å². The molecule has 1 rings (SSSR count). The van der Waals surface area contributed by atoms with Crippen molar-refractivity contribution in [3.05, 3.63) is 24.3 Å². The van der Waals surface area contributed by atoms with E-state index in [1.807, 2.05) is 0 Å². The number of carbonyl (C=O) groups excluding carboxylic acids is 1. The maximum Gasteiger partial charge on any atom is 0.327 e. The van der Waals surface area contributed by atoms with Crippen molar-refractivity contribution < 1.29 is 19.8 Å². The third kappa shape index (κ3) is 4.78. The Balaban J connectivity index is 2.57. The van der Waals surface area contributed by atoms with Gasteiger partial charge in [-0.3, -0.25) is 4.79 Å². The molecule has 3 N–H and O–H groups in total. The maximum atomic E-state index is 10.8. The first-order valence-electron chi connectivity index (χ1n) is 4.91. The second kappa shape index (κ2) is 6.15. The molecule has 1 atom stereocenters. The van der Waals surface area contributed by atoms with E-state index >= 15 is 0 Å². The van der Waals surface area contributed by atoms with Crippen molar-refractivity contribution in [1.82, 2.24) is 5.32 Å². The predicted octanol–water partition coefficient (Wildman–Crippen LogP) is 1.07. The molecule has 0 radical (unpaired) electrons. The van der Waals surface area contributed by atoms with Gasteiger partial charge in [0.15, 0.2) is 0 Å². The summed E-state index contributed by atoms with van der Waals surface area (Å²) in [5, 5.41) is 20.5. The smallest absolute Gasteiger partial charge is 0.327 e. The number of phenolic OH excluding ortho intramolecular Hbond substituents is 1. The Hall–Kier alpha value is -1.69. The van der Waals surface area contributed by atoms with Crippen molar-refractivity contribution >= 4 is 23.6 Å². The van der Waals surface area contributed by atoms with Gasteiger partial charge in [0, 0.05) is 17.6 Å². The van der Waals surface area contributed by atoms with Crippen LogP contribution in [0.15, 0.2) is 29.2 Å². The highest BCUT2D eigenvalue weighted by Gasteiger charge is 2.18. The van der Waals surface area contributed by atoms with E-state index < -0.39 is 12.0 Å². The minimum absolute atomic E-state index is 0.126. The first kappa shape index (κ1) is 13.4. The second-order valence-electron chi connectivity index (χ2n) is 3.40. The summed E-state index contributed by atoms with van der Waals surface area (Å²) in [7, 11) is 0. The van der Waals surface area contributed by atoms with Gasteiger partial charge in [-0.05, 0) is 18.2 Å². The van der Waals surface area contributed by atoms with E-state index in [1.54, 1.807) is 12.1 Å². The number of aliphatic carboxylic acids is 1. The van der Waals surface area contributed by atoms with Gasteiger partial charge >= 0.3 is 5.97 Å². The predicted molar refractivity (Wildman–Crippen MR) is 64.1 cm³/mol. The number of nitrogens with one attached hydrogen (secondary N) is 1. The van der Waals surface area contributed by atoms with E-state index in [1.165, 1.54) is 30.8 Å². The molecule has 92 valence electrons. The largest absolute Gasteiger partial charge is 0.508 e. The lowest BCUT2D eigenvalue weighted by Gasteiger charge is -2.12. The number of amides is 1. The SMILES string of the molecule is CC(=O)NC(CSc1cccc(O)c1)C(=O)O. The summed E-state index contributed by atoms with van der Waals surface area (Å²) in [6.45, 7) is 1.27. The van der Waals surface area contributed by atoms with Gasteiger partial charge in [-0.15, -0.1) is 11.8 Å². The summed E-state index contributed by atoms with van der Waals surface area (Å²) < 4.78 is 0. The van der Waals surface area contributed by atoms with Crippen LogP contribution >= 0.6 is 11.8 Å². The molecule has 0 heterocycles. The number of phenols is 1. The van der Waals surface area contributed by atoms with Crippen LogP contribution in [0.3, 0.4) is 0 Å². The molecule has 0 bridgehead atoms. The Kier molecular flexibility index (Phi) is 4.84. The Morgan fingerprint density at radius 3 is 2.71 bits per heavy atom. The summed E-state index contributed by atoms with van der Waals surface area (Å²) in [6.07, 6.45) is 0. The lowest BCUT2D eigenvalue weighted by atomic mass is 10.3. The molecule has 5 nitrogen and oxygen atoms in total. The van der Waals surface area contributed by atoms with E-state index in [9.17, 15) is 14.7 Å². The molecule has 0 aliphatic heterocycles. The molecule has 1 unspecified atom stereocenters. The fourth-order valence-electron chi connectivity index (χ4n) is 1.17. The average molecular weight is 255 g/mol. The number of hydrogen-bond donors (Lipinski definition) is 3. The summed E-state index contributed by atoms with van der Waals surface area (Å²) in [5.41, 5.74) is 0. The molecule has 6 heteroatoms. The topological polar surface area (TPSA) is 86.6 Å². The zero-order valence-corrected chi connectivity index (χ0v) is 10.0. The third-order valence-corrected chi connectivity index (χ3v) is 3.00. The van der Waals surface area contributed by atoms with Crippen LogP contribution in [0.1, 0.15) is 6.92 Å². The minimum atomic E-state index is -1.08. The molecule has 1 amide bonds. The van der Waals surface area contributed by atoms with Crippen molar-refractivity contribution in [3.8, 4) is 5.75 Å². The fourth-order valence-corrected chi connectivity index (χ4v) is 2.14. The number of benzene rings is 1. The number of thioether (sulfide) groups is 1. The number of carboxylic acids is 1. The van der Waals surface area contributed by atoms with E-state index in [0.29, 0.717) is 0 Å². The molecule has 0 fully saturated rings. The van der Waals surface area contributed by atoms with Crippen molar-refractivity contribution in [2.24, 2.45) is 0 Å². The number of aromatic hydroxyl groups is 1. The van der Waals surface area contributed by atoms with E-state index in [0.717, 1.165) is 4.90 Å². The number of carbonyl (C=O) groups is 2. The van der Waals surface area contributed by atoms with E-state index in [4.69, 9.17) is 5.11 Å². The zero-order chi connectivity index (χ0) is 12.8. The molecule has 1 aromatic rings. The van der Waals surface area contributed by atoms with E-state index in [-0.39, 0.29) is 17.4 Å². The van der Waals surface area contributed by atoms with Crippen LogP contribution in [0.2, 0.25) is 0 Å². The quantitative estimate of drug-likeness (QED) is 0.685. The Morgan fingerprint density at radius 2 is 2.18 bits per heavy atom. The Morgan fingerprint density at radius 1 is 1.47 bits per heavy atom. The molecule has 1 aromatic carbocycles. The second-order valence-corrected chi connectivity index (χ2v) is 4.49. The van der Waals surface area contributed by atoms with Crippen molar-refractivity contribution in [2.45, 2.75) is 17.9 Å². The summed E-state index contributed by atoms with van der Waals surface area (Å²) in [4.78, 5) is 22.4. The molecule has 0 aliphatic carbocycles. The van der Waals surface area contributed by atoms with Gasteiger partial charge in [0.2, 0.25) is 5.91 Å². The first-order valence-corrected chi connectivity index (χ1v) is 5.89. The van der Waals surface area contributed by atoms with Crippen LogP contribution in [-0.2, 0) is 9.59 Å². The number of hydrogen-bond acceptors (Lipinski definition) is 4. The number of carboxylic acid groups (broad SMARTS) is 1. The van der Waals surface area contributed by atoms with Crippen LogP contribution < -0.4 is 5.32 Å². The van der Waals surface area contributed by atoms with Gasteiger partial charge in [0.05, 0.1) is 0 Å². The van der Waals surface area contributed by atoms with Gasteiger partial charge in [-0.25, -0.2) is 4.79 Å². The number of rotatable bonds is 5. The minimum Gasteiger partial charge on any atom is -0.508 e. The van der Waals surface area contributed by atoms with Crippen molar-refractivity contribution in [1.29, 1.82) is 0 Å². The summed E-state index contributed by atoms with van der Waals surface area (Å²) in [6, 6.07) is 5.58. The lowest BCUT2D eigenvalue weighted by Crippen LogP contribution is -2.41. The molecule has 0 aromatic heterocycles. The van der Waals surface area contributed by atoms with Crippen molar-refractivity contribution in [2.75, 3.05) is 5.75 Å². The molecule has 0 spiro atoms. The van der Waals surface area contributed by atoms with Crippen LogP contribution in [0, 0.1) is 0 Å². The molecule has 0 aliphatic rings. The summed E-state index contributed by atoms with van der Waals surface area (Å²) >= 11 is 1.26. The van der Waals surface area contributed by atoms with Gasteiger partial charge < -0.3 is 15.5 Å². The summed E-state index contributed by atoms with van der Waals surface area (Å²) in [5.74, 6) is -1.12. The van der Waals surface area contributed by atoms with Gasteiger partial charge in [-0.2, -0.15) is 0 Å². The highest BCUT2D eigenvalue weighted by Crippen LogP contribution is 2.22. The monoisotopic (exact) mass is 255 g/mol. The Bertz CT molecular complexity index is 422. The van der Waals surface area contributed by atoms with E-state index in [2.05, 4.69) is 5.32 Å². The highest BCUT2D eigenvalue weighted by molar-refractivity contribution is 7.99. The maximum absolute atomic E-state index is 10.8. The van der Waals surface area contributed by atoms with Gasteiger partial charge in [-0.1, -0.05) is 6.07 Å². The molecule has 17 heavy (non-hydrogen) atoms. The normalized spacial score (nSPS) is 11.8. The zero-order valence-electron chi connectivity index (χ0n) is 9.21. The van der Waals surface area contributed by atoms with Gasteiger partial charge in [0.25, 0.3) is 0 Å². The van der Waals surface area contributed by atoms with Gasteiger partial charge in [0.1, 0.15) is 11.8 Å². The average Bonchev–Trinajstić information content (AvgIpc) is 2.23. The van der Waals surface area contributed by atoms with Crippen LogP contribution in [0.4, 0.5) is 0 Å². The first-order chi connectivity index (χ1) is 7.99. The highest BCUT2D eigenvalue weighted by atomic mass is 32.2. The molecule has 0 saturated carbocycles. The molecule has 0 saturated heterocycles. The van der Waals surface area contributed by atoms with Crippen LogP contribution in [-0.4, -0.2) is 33.9 Å². The Labute approximate surface area is 103 Å². The van der Waals surface area contributed by atoms with Crippen LogP contribution in [0.5, 0.6) is 5.75 Å². The lowest BCUT2D eigenvalue weighted by molar-refractivity contribution is -0.140. The standard InChI is InChI=1S/C11H13NO4S/c1-7(13)12-10(11(15)16)6-17-9-4-2-3-8(14)5-9/h2-5,10,14H,6H2,1H3,(H,12,13)(H,15,16).